The standard InChI is InChI=1S/C20H18ClN3/c1-11-9-12(2)18(13(3)10-11)24-16-8-6-5-7-15(16)17-19(21)22-14(4)23-20(17)24/h5-10H,1-4H3. The minimum Gasteiger partial charge on any atom is -0.293 e. The summed E-state index contributed by atoms with van der Waals surface area (Å²) in [6, 6.07) is 12.7. The van der Waals surface area contributed by atoms with Crippen molar-refractivity contribution in [1.29, 1.82) is 0 Å². The summed E-state index contributed by atoms with van der Waals surface area (Å²) in [7, 11) is 0. The Morgan fingerprint density at radius 3 is 2.29 bits per heavy atom. The van der Waals surface area contributed by atoms with Crippen LogP contribution in [0.5, 0.6) is 0 Å². The van der Waals surface area contributed by atoms with Crippen LogP contribution in [0.2, 0.25) is 5.15 Å². The van der Waals surface area contributed by atoms with Gasteiger partial charge in [-0.2, -0.15) is 0 Å². The first-order valence-corrected chi connectivity index (χ1v) is 8.36. The molecule has 2 aromatic heterocycles. The molecule has 0 amide bonds. The van der Waals surface area contributed by atoms with Crippen LogP contribution < -0.4 is 0 Å². The van der Waals surface area contributed by atoms with Crippen molar-refractivity contribution in [2.75, 3.05) is 0 Å². The Hall–Kier alpha value is -2.39. The number of hydrogen-bond acceptors (Lipinski definition) is 2. The van der Waals surface area contributed by atoms with E-state index in [4.69, 9.17) is 16.6 Å². The van der Waals surface area contributed by atoms with E-state index in [1.54, 1.807) is 0 Å². The highest BCUT2D eigenvalue weighted by Gasteiger charge is 2.19. The molecule has 24 heavy (non-hydrogen) atoms. The van der Waals surface area contributed by atoms with E-state index < -0.39 is 0 Å². The maximum absolute atomic E-state index is 6.48. The van der Waals surface area contributed by atoms with Gasteiger partial charge in [-0.15, -0.1) is 0 Å². The van der Waals surface area contributed by atoms with Crippen LogP contribution in [0.25, 0.3) is 27.6 Å². The van der Waals surface area contributed by atoms with Crippen LogP contribution in [0.1, 0.15) is 22.5 Å². The van der Waals surface area contributed by atoms with Gasteiger partial charge < -0.3 is 0 Å². The predicted octanol–water partition coefficient (Wildman–Crippen LogP) is 5.46. The first-order chi connectivity index (χ1) is 11.5. The molecule has 0 atom stereocenters. The lowest BCUT2D eigenvalue weighted by Crippen LogP contribution is -2.03. The highest BCUT2D eigenvalue weighted by Crippen LogP contribution is 2.36. The van der Waals surface area contributed by atoms with Gasteiger partial charge in [-0.05, 0) is 44.9 Å². The van der Waals surface area contributed by atoms with Gasteiger partial charge in [0.1, 0.15) is 11.0 Å². The smallest absolute Gasteiger partial charge is 0.150 e. The number of nitrogens with zero attached hydrogens (tertiary/aromatic N) is 3. The van der Waals surface area contributed by atoms with Crippen LogP contribution in [-0.2, 0) is 0 Å². The van der Waals surface area contributed by atoms with Crippen molar-refractivity contribution in [1.82, 2.24) is 14.5 Å². The molecular formula is C20H18ClN3. The summed E-state index contributed by atoms with van der Waals surface area (Å²) in [5.74, 6) is 0.680. The fourth-order valence-electron chi connectivity index (χ4n) is 3.66. The summed E-state index contributed by atoms with van der Waals surface area (Å²) >= 11 is 6.48. The largest absolute Gasteiger partial charge is 0.293 e. The molecule has 0 aliphatic rings. The number of halogens is 1. The number of hydrogen-bond donors (Lipinski definition) is 0. The van der Waals surface area contributed by atoms with Crippen LogP contribution in [0, 0.1) is 27.7 Å². The third-order valence-electron chi connectivity index (χ3n) is 4.44. The molecule has 0 saturated heterocycles. The van der Waals surface area contributed by atoms with Gasteiger partial charge in [-0.1, -0.05) is 47.5 Å². The molecule has 0 aliphatic heterocycles. The molecule has 0 radical (unpaired) electrons. The van der Waals surface area contributed by atoms with Crippen LogP contribution >= 0.6 is 11.6 Å². The summed E-state index contributed by atoms with van der Waals surface area (Å²) in [5, 5.41) is 2.50. The molecule has 0 N–H and O–H groups in total. The monoisotopic (exact) mass is 335 g/mol. The number of aromatic nitrogens is 3. The molecule has 0 fully saturated rings. The van der Waals surface area contributed by atoms with Gasteiger partial charge in [0.05, 0.1) is 16.6 Å². The first kappa shape index (κ1) is 15.2. The quantitative estimate of drug-likeness (QED) is 0.432. The Morgan fingerprint density at radius 2 is 1.58 bits per heavy atom. The second-order valence-corrected chi connectivity index (χ2v) is 6.72. The summed E-state index contributed by atoms with van der Waals surface area (Å²) < 4.78 is 2.22. The molecule has 4 heteroatoms. The van der Waals surface area contributed by atoms with Crippen LogP contribution in [0.15, 0.2) is 36.4 Å². The fourth-order valence-corrected chi connectivity index (χ4v) is 3.97. The van der Waals surface area contributed by atoms with Crippen molar-refractivity contribution in [2.24, 2.45) is 0 Å². The molecule has 0 spiro atoms. The van der Waals surface area contributed by atoms with Gasteiger partial charge in [0, 0.05) is 5.39 Å². The first-order valence-electron chi connectivity index (χ1n) is 7.99. The number of fused-ring (bicyclic) bond motifs is 3. The van der Waals surface area contributed by atoms with Crippen molar-refractivity contribution in [3.05, 3.63) is 64.1 Å². The number of benzene rings is 2. The van der Waals surface area contributed by atoms with Crippen molar-refractivity contribution in [3.63, 3.8) is 0 Å². The molecule has 0 bridgehead atoms. The van der Waals surface area contributed by atoms with Crippen molar-refractivity contribution >= 4 is 33.5 Å². The van der Waals surface area contributed by atoms with Gasteiger partial charge >= 0.3 is 0 Å². The highest BCUT2D eigenvalue weighted by molar-refractivity contribution is 6.36. The fraction of sp³-hybridized carbons (Fsp3) is 0.200. The third-order valence-corrected chi connectivity index (χ3v) is 4.72. The average Bonchev–Trinajstić information content (AvgIpc) is 2.81. The maximum atomic E-state index is 6.48. The minimum absolute atomic E-state index is 0.509. The number of rotatable bonds is 1. The van der Waals surface area contributed by atoms with Gasteiger partial charge in [-0.25, -0.2) is 9.97 Å². The van der Waals surface area contributed by atoms with Crippen LogP contribution in [0.3, 0.4) is 0 Å². The summed E-state index contributed by atoms with van der Waals surface area (Å²) in [4.78, 5) is 9.08. The zero-order valence-electron chi connectivity index (χ0n) is 14.2. The van der Waals surface area contributed by atoms with E-state index in [1.807, 2.05) is 19.1 Å². The SMILES string of the molecule is Cc1cc(C)c(-n2c3ccccc3c3c(Cl)nc(C)nc32)c(C)c1. The third kappa shape index (κ3) is 2.12. The second kappa shape index (κ2) is 5.32. The van der Waals surface area contributed by atoms with Gasteiger partial charge in [0.15, 0.2) is 5.65 Å². The Labute approximate surface area is 145 Å². The molecule has 2 heterocycles. The molecule has 0 saturated carbocycles. The summed E-state index contributed by atoms with van der Waals surface area (Å²) in [6.07, 6.45) is 0. The number of para-hydroxylation sites is 1. The molecule has 2 aromatic carbocycles. The number of aryl methyl sites for hydroxylation is 4. The predicted molar refractivity (Wildman–Crippen MR) is 100 cm³/mol. The highest BCUT2D eigenvalue weighted by atomic mass is 35.5. The Balaban J connectivity index is 2.27. The lowest BCUT2D eigenvalue weighted by Gasteiger charge is -2.15. The van der Waals surface area contributed by atoms with E-state index >= 15 is 0 Å². The summed E-state index contributed by atoms with van der Waals surface area (Å²) in [5.41, 5.74) is 6.84. The Bertz CT molecular complexity index is 1090. The van der Waals surface area contributed by atoms with E-state index in [1.165, 1.54) is 22.4 Å². The van der Waals surface area contributed by atoms with Crippen LogP contribution in [0.4, 0.5) is 0 Å². The van der Waals surface area contributed by atoms with E-state index in [-0.39, 0.29) is 0 Å². The van der Waals surface area contributed by atoms with Crippen molar-refractivity contribution in [2.45, 2.75) is 27.7 Å². The topological polar surface area (TPSA) is 30.7 Å². The molecule has 3 nitrogen and oxygen atoms in total. The van der Waals surface area contributed by atoms with Crippen molar-refractivity contribution < 1.29 is 0 Å². The Morgan fingerprint density at radius 1 is 0.917 bits per heavy atom. The molecule has 0 aliphatic carbocycles. The molecule has 4 aromatic rings. The van der Waals surface area contributed by atoms with E-state index in [0.717, 1.165) is 21.9 Å². The van der Waals surface area contributed by atoms with Crippen molar-refractivity contribution in [3.8, 4) is 5.69 Å². The van der Waals surface area contributed by atoms with Gasteiger partial charge in [-0.3, -0.25) is 4.57 Å². The zero-order chi connectivity index (χ0) is 17.0. The van der Waals surface area contributed by atoms with Crippen LogP contribution in [-0.4, -0.2) is 14.5 Å². The minimum atomic E-state index is 0.509. The lowest BCUT2D eigenvalue weighted by atomic mass is 10.0. The molecular weight excluding hydrogens is 318 g/mol. The lowest BCUT2D eigenvalue weighted by molar-refractivity contribution is 1.03. The average molecular weight is 336 g/mol. The maximum Gasteiger partial charge on any atom is 0.150 e. The normalized spacial score (nSPS) is 11.5. The zero-order valence-corrected chi connectivity index (χ0v) is 14.9. The van der Waals surface area contributed by atoms with E-state index in [9.17, 15) is 0 Å². The Kier molecular flexibility index (Phi) is 3.36. The van der Waals surface area contributed by atoms with E-state index in [2.05, 4.69) is 54.6 Å². The summed E-state index contributed by atoms with van der Waals surface area (Å²) in [6.45, 7) is 8.29. The molecule has 0 unspecified atom stereocenters. The molecule has 120 valence electrons. The van der Waals surface area contributed by atoms with Gasteiger partial charge in [0.2, 0.25) is 0 Å². The van der Waals surface area contributed by atoms with E-state index in [0.29, 0.717) is 11.0 Å². The second-order valence-electron chi connectivity index (χ2n) is 6.36. The van der Waals surface area contributed by atoms with Gasteiger partial charge in [0.25, 0.3) is 0 Å². The molecule has 4 rings (SSSR count).